The van der Waals surface area contributed by atoms with Crippen molar-refractivity contribution in [1.29, 1.82) is 0 Å². The number of nitrogens with zero attached hydrogens (tertiary/aromatic N) is 2. The molecule has 2 rings (SSSR count). The van der Waals surface area contributed by atoms with E-state index in [4.69, 9.17) is 5.11 Å². The Morgan fingerprint density at radius 1 is 1.62 bits per heavy atom. The fraction of sp³-hybridized carbons (Fsp3) is 0. The Labute approximate surface area is 71.5 Å². The molecule has 2 aromatic heterocycles. The number of aromatic amines is 1. The van der Waals surface area contributed by atoms with Crippen molar-refractivity contribution >= 4 is 11.7 Å². The third kappa shape index (κ3) is 1.08. The molecule has 13 heavy (non-hydrogen) atoms. The van der Waals surface area contributed by atoms with Crippen molar-refractivity contribution < 1.29 is 9.90 Å². The highest BCUT2D eigenvalue weighted by Gasteiger charge is 2.06. The zero-order valence-corrected chi connectivity index (χ0v) is 6.39. The van der Waals surface area contributed by atoms with Crippen LogP contribution < -0.4 is 5.56 Å². The molecule has 0 aliphatic rings. The quantitative estimate of drug-likeness (QED) is 0.630. The highest BCUT2D eigenvalue weighted by molar-refractivity contribution is 5.85. The molecule has 0 fully saturated rings. The Balaban J connectivity index is 2.85. The Kier molecular flexibility index (Phi) is 1.42. The molecule has 0 aliphatic carbocycles. The van der Waals surface area contributed by atoms with E-state index in [1.165, 1.54) is 16.8 Å². The first-order valence-electron chi connectivity index (χ1n) is 3.48. The van der Waals surface area contributed by atoms with Gasteiger partial charge in [-0.25, -0.2) is 9.78 Å². The number of hydrogen-bond donors (Lipinski definition) is 2. The summed E-state index contributed by atoms with van der Waals surface area (Å²) < 4.78 is 1.23. The van der Waals surface area contributed by atoms with Crippen LogP contribution in [0.4, 0.5) is 0 Å². The first-order valence-corrected chi connectivity index (χ1v) is 3.48. The van der Waals surface area contributed by atoms with Crippen molar-refractivity contribution in [2.24, 2.45) is 0 Å². The van der Waals surface area contributed by atoms with E-state index in [9.17, 15) is 9.59 Å². The second-order valence-corrected chi connectivity index (χ2v) is 2.45. The number of carboxylic acid groups (broad SMARTS) is 1. The van der Waals surface area contributed by atoms with Gasteiger partial charge in [-0.05, 0) is 0 Å². The largest absolute Gasteiger partial charge is 0.477 e. The summed E-state index contributed by atoms with van der Waals surface area (Å²) in [7, 11) is 0. The number of imidazole rings is 1. The lowest BCUT2D eigenvalue weighted by molar-refractivity contribution is 0.0690. The first kappa shape index (κ1) is 7.53. The molecule has 2 N–H and O–H groups in total. The Morgan fingerprint density at radius 3 is 3.08 bits per heavy atom. The van der Waals surface area contributed by atoms with Crippen LogP contribution in [-0.2, 0) is 0 Å². The van der Waals surface area contributed by atoms with Crippen LogP contribution in [0.15, 0.2) is 23.3 Å². The molecule has 0 saturated carbocycles. The van der Waals surface area contributed by atoms with E-state index < -0.39 is 11.5 Å². The molecule has 0 amide bonds. The minimum Gasteiger partial charge on any atom is -0.477 e. The monoisotopic (exact) mass is 179 g/mol. The van der Waals surface area contributed by atoms with Gasteiger partial charge < -0.3 is 10.1 Å². The molecule has 0 spiro atoms. The van der Waals surface area contributed by atoms with Crippen molar-refractivity contribution in [2.45, 2.75) is 0 Å². The Morgan fingerprint density at radius 2 is 2.38 bits per heavy atom. The Bertz CT molecular complexity index is 525. The number of aromatic carboxylic acids is 1. The first-order chi connectivity index (χ1) is 6.18. The van der Waals surface area contributed by atoms with Gasteiger partial charge in [0.15, 0.2) is 0 Å². The van der Waals surface area contributed by atoms with E-state index in [-0.39, 0.29) is 11.5 Å². The minimum absolute atomic E-state index is 0.163. The van der Waals surface area contributed by atoms with Crippen LogP contribution in [0.3, 0.4) is 0 Å². The van der Waals surface area contributed by atoms with Gasteiger partial charge in [-0.15, -0.1) is 0 Å². The van der Waals surface area contributed by atoms with Crippen LogP contribution >= 0.6 is 0 Å². The van der Waals surface area contributed by atoms with Gasteiger partial charge in [0.2, 0.25) is 5.78 Å². The SMILES string of the molecule is O=C(O)c1cc(=O)n2ccnc2[nH]1. The summed E-state index contributed by atoms with van der Waals surface area (Å²) >= 11 is 0. The van der Waals surface area contributed by atoms with Crippen molar-refractivity contribution in [1.82, 2.24) is 14.4 Å². The lowest BCUT2D eigenvalue weighted by Gasteiger charge is -1.95. The zero-order valence-electron chi connectivity index (χ0n) is 6.39. The normalized spacial score (nSPS) is 10.5. The maximum Gasteiger partial charge on any atom is 0.352 e. The summed E-state index contributed by atoms with van der Waals surface area (Å²) in [5.41, 5.74) is -0.577. The van der Waals surface area contributed by atoms with E-state index in [1.54, 1.807) is 0 Å². The van der Waals surface area contributed by atoms with Gasteiger partial charge in [0, 0.05) is 18.5 Å². The topological polar surface area (TPSA) is 87.5 Å². The van der Waals surface area contributed by atoms with Gasteiger partial charge in [0.05, 0.1) is 0 Å². The molecule has 0 radical (unpaired) electrons. The molecule has 0 saturated heterocycles. The molecule has 0 unspecified atom stereocenters. The maximum absolute atomic E-state index is 11.2. The summed E-state index contributed by atoms with van der Waals surface area (Å²) in [6.45, 7) is 0. The third-order valence-electron chi connectivity index (χ3n) is 1.62. The average Bonchev–Trinajstić information content (AvgIpc) is 2.51. The fourth-order valence-electron chi connectivity index (χ4n) is 1.04. The predicted molar refractivity (Wildman–Crippen MR) is 42.8 cm³/mol. The number of fused-ring (bicyclic) bond motifs is 1. The standard InChI is InChI=1S/C7H5N3O3/c11-5-3-4(6(12)13)9-7-8-1-2-10(5)7/h1-3H,(H,8,9)(H,12,13). The predicted octanol–water partition coefficient (Wildman–Crippen LogP) is -0.279. The number of carboxylic acids is 1. The highest BCUT2D eigenvalue weighted by atomic mass is 16.4. The number of hydrogen-bond acceptors (Lipinski definition) is 3. The number of carbonyl (C=O) groups is 1. The van der Waals surface area contributed by atoms with Gasteiger partial charge >= 0.3 is 5.97 Å². The molecule has 66 valence electrons. The summed E-state index contributed by atoms with van der Waals surface area (Å²) in [5.74, 6) is -0.951. The number of aromatic nitrogens is 3. The number of nitrogens with one attached hydrogen (secondary N) is 1. The summed E-state index contributed by atoms with van der Waals surface area (Å²) in [6, 6.07) is 1.01. The zero-order chi connectivity index (χ0) is 9.42. The van der Waals surface area contributed by atoms with E-state index in [0.717, 1.165) is 6.07 Å². The van der Waals surface area contributed by atoms with Crippen molar-refractivity contribution in [3.05, 3.63) is 34.5 Å². The fourth-order valence-corrected chi connectivity index (χ4v) is 1.04. The lowest BCUT2D eigenvalue weighted by Crippen LogP contribution is -2.16. The minimum atomic E-state index is -1.18. The molecule has 0 bridgehead atoms. The van der Waals surface area contributed by atoms with Crippen LogP contribution in [0.25, 0.3) is 5.78 Å². The summed E-state index contributed by atoms with van der Waals surface area (Å²) in [4.78, 5) is 28.0. The lowest BCUT2D eigenvalue weighted by atomic mass is 10.4. The number of H-pyrrole nitrogens is 1. The maximum atomic E-state index is 11.2. The van der Waals surface area contributed by atoms with Gasteiger partial charge in [-0.1, -0.05) is 0 Å². The average molecular weight is 179 g/mol. The van der Waals surface area contributed by atoms with Gasteiger partial charge in [-0.2, -0.15) is 0 Å². The van der Waals surface area contributed by atoms with Crippen molar-refractivity contribution in [2.75, 3.05) is 0 Å². The van der Waals surface area contributed by atoms with E-state index in [2.05, 4.69) is 9.97 Å². The van der Waals surface area contributed by atoms with Crippen LogP contribution in [0.5, 0.6) is 0 Å². The molecule has 6 heteroatoms. The van der Waals surface area contributed by atoms with Gasteiger partial charge in [0.1, 0.15) is 5.69 Å². The van der Waals surface area contributed by atoms with Crippen LogP contribution in [0, 0.1) is 0 Å². The van der Waals surface area contributed by atoms with E-state index in [1.807, 2.05) is 0 Å². The third-order valence-corrected chi connectivity index (χ3v) is 1.62. The van der Waals surface area contributed by atoms with Gasteiger partial charge in [0.25, 0.3) is 5.56 Å². The molecule has 6 nitrogen and oxygen atoms in total. The van der Waals surface area contributed by atoms with Gasteiger partial charge in [-0.3, -0.25) is 9.20 Å². The van der Waals surface area contributed by atoms with Crippen molar-refractivity contribution in [3.8, 4) is 0 Å². The molecule has 0 aromatic carbocycles. The molecule has 0 aliphatic heterocycles. The molecular weight excluding hydrogens is 174 g/mol. The number of rotatable bonds is 1. The second-order valence-electron chi connectivity index (χ2n) is 2.45. The highest BCUT2D eigenvalue weighted by Crippen LogP contribution is 1.95. The van der Waals surface area contributed by atoms with Crippen LogP contribution in [0.2, 0.25) is 0 Å². The molecule has 2 heterocycles. The summed E-state index contributed by atoms with van der Waals surface area (Å²) in [5, 5.41) is 8.60. The summed E-state index contributed by atoms with van der Waals surface area (Å²) in [6.07, 6.45) is 2.87. The smallest absolute Gasteiger partial charge is 0.352 e. The second kappa shape index (κ2) is 2.44. The Hall–Kier alpha value is -2.11. The van der Waals surface area contributed by atoms with E-state index in [0.29, 0.717) is 0 Å². The van der Waals surface area contributed by atoms with Crippen LogP contribution in [0.1, 0.15) is 10.5 Å². The van der Waals surface area contributed by atoms with Crippen LogP contribution in [-0.4, -0.2) is 25.4 Å². The molecular formula is C7H5N3O3. The molecule has 0 atom stereocenters. The van der Waals surface area contributed by atoms with Crippen molar-refractivity contribution in [3.63, 3.8) is 0 Å². The molecule has 2 aromatic rings. The van der Waals surface area contributed by atoms with E-state index >= 15 is 0 Å².